The fraction of sp³-hybridized carbons (Fsp3) is 0.0345. The van der Waals surface area contributed by atoms with Gasteiger partial charge in [0.2, 0.25) is 0 Å². The largest absolute Gasteiger partial charge is 0.455 e. The topological polar surface area (TPSA) is 38.9 Å². The second kappa shape index (κ2) is 7.47. The number of fused-ring (bicyclic) bond motifs is 3. The van der Waals surface area contributed by atoms with Crippen molar-refractivity contribution in [2.24, 2.45) is 0 Å². The lowest BCUT2D eigenvalue weighted by Gasteiger charge is -2.05. The fourth-order valence-corrected chi connectivity index (χ4v) is 4.20. The highest BCUT2D eigenvalue weighted by Gasteiger charge is 2.16. The Morgan fingerprint density at radius 2 is 1.22 bits per heavy atom. The second-order valence-electron chi connectivity index (χ2n) is 7.71. The van der Waals surface area contributed by atoms with E-state index >= 15 is 0 Å². The first-order valence-corrected chi connectivity index (χ1v) is 10.4. The number of para-hydroxylation sites is 2. The number of benzene rings is 4. The van der Waals surface area contributed by atoms with E-state index in [2.05, 4.69) is 58.7 Å². The molecule has 0 radical (unpaired) electrons. The maximum Gasteiger partial charge on any atom is 0.144 e. The highest BCUT2D eigenvalue weighted by atomic mass is 16.3. The summed E-state index contributed by atoms with van der Waals surface area (Å²) in [5, 5.41) is 10.1. The highest BCUT2D eigenvalue weighted by molar-refractivity contribution is 6.12. The molecule has 0 aliphatic carbocycles. The van der Waals surface area contributed by atoms with E-state index in [4.69, 9.17) is 8.53 Å². The zero-order valence-corrected chi connectivity index (χ0v) is 17.1. The smallest absolute Gasteiger partial charge is 0.144 e. The first-order chi connectivity index (χ1) is 17.0. The van der Waals surface area contributed by atoms with E-state index in [0.29, 0.717) is 11.3 Å². The number of aryl methyl sites for hydroxylation is 1. The summed E-state index contributed by atoms with van der Waals surface area (Å²) in [7, 11) is 0. The Morgan fingerprint density at radius 1 is 0.562 bits per heavy atom. The van der Waals surface area contributed by atoms with Crippen LogP contribution >= 0.6 is 0 Å². The quantitative estimate of drug-likeness (QED) is 0.297. The second-order valence-corrected chi connectivity index (χ2v) is 7.71. The third-order valence-electron chi connectivity index (χ3n) is 5.77. The normalized spacial score (nSPS) is 13.1. The van der Waals surface area contributed by atoms with Crippen molar-refractivity contribution in [2.45, 2.75) is 6.85 Å². The molecule has 0 saturated carbocycles. The predicted octanol–water partition coefficient (Wildman–Crippen LogP) is 7.69. The molecular weight excluding hydrogens is 392 g/mol. The predicted molar refractivity (Wildman–Crippen MR) is 130 cm³/mol. The van der Waals surface area contributed by atoms with Gasteiger partial charge in [0.15, 0.2) is 0 Å². The van der Waals surface area contributed by atoms with E-state index in [1.807, 2.05) is 42.5 Å². The van der Waals surface area contributed by atoms with Crippen LogP contribution in [0.3, 0.4) is 0 Å². The molecule has 6 aromatic rings. The maximum atomic E-state index is 7.53. The molecule has 152 valence electrons. The Labute approximate surface area is 190 Å². The molecule has 0 aliphatic heterocycles. The molecular formula is C29H20N2O. The minimum atomic E-state index is -2.29. The van der Waals surface area contributed by atoms with Crippen LogP contribution in [0.4, 0.5) is 0 Å². The van der Waals surface area contributed by atoms with Gasteiger partial charge in [-0.2, -0.15) is 10.2 Å². The van der Waals surface area contributed by atoms with Crippen molar-refractivity contribution in [1.29, 1.82) is 0 Å². The molecule has 0 bridgehead atoms. The molecule has 3 nitrogen and oxygen atoms in total. The summed E-state index contributed by atoms with van der Waals surface area (Å²) in [5.74, 6) is 0. The Bertz CT molecular complexity index is 1650. The molecule has 0 spiro atoms. The van der Waals surface area contributed by atoms with Gasteiger partial charge in [-0.05, 0) is 41.7 Å². The van der Waals surface area contributed by atoms with Gasteiger partial charge >= 0.3 is 0 Å². The number of hydrogen-bond acceptors (Lipinski definition) is 3. The average Bonchev–Trinajstić information content (AvgIpc) is 3.28. The van der Waals surface area contributed by atoms with E-state index in [9.17, 15) is 0 Å². The van der Waals surface area contributed by atoms with Crippen LogP contribution in [0.25, 0.3) is 55.4 Å². The number of rotatable bonds is 3. The first-order valence-electron chi connectivity index (χ1n) is 11.9. The molecule has 4 aromatic carbocycles. The summed E-state index contributed by atoms with van der Waals surface area (Å²) in [6, 6.07) is 34.0. The van der Waals surface area contributed by atoms with Gasteiger partial charge in [-0.1, -0.05) is 84.9 Å². The number of nitrogens with zero attached hydrogens (tertiary/aromatic N) is 2. The van der Waals surface area contributed by atoms with Gasteiger partial charge in [-0.15, -0.1) is 0 Å². The Morgan fingerprint density at radius 3 is 1.91 bits per heavy atom. The molecule has 0 fully saturated rings. The van der Waals surface area contributed by atoms with Crippen LogP contribution < -0.4 is 0 Å². The molecule has 2 heterocycles. The lowest BCUT2D eigenvalue weighted by molar-refractivity contribution is 0.670. The monoisotopic (exact) mass is 415 g/mol. The molecule has 2 aromatic heterocycles. The zero-order chi connectivity index (χ0) is 24.0. The minimum Gasteiger partial charge on any atom is -0.455 e. The van der Waals surface area contributed by atoms with Gasteiger partial charge in [0.05, 0.1) is 11.4 Å². The molecule has 0 saturated heterocycles. The molecule has 6 rings (SSSR count). The Balaban J connectivity index is 1.46. The summed E-state index contributed by atoms with van der Waals surface area (Å²) < 4.78 is 29.1. The van der Waals surface area contributed by atoms with Crippen molar-refractivity contribution in [3.05, 3.63) is 109 Å². The zero-order valence-electron chi connectivity index (χ0n) is 20.1. The summed E-state index contributed by atoms with van der Waals surface area (Å²) in [4.78, 5) is 0. The summed E-state index contributed by atoms with van der Waals surface area (Å²) >= 11 is 0. The summed E-state index contributed by atoms with van der Waals surface area (Å²) in [6.45, 7) is -2.29. The molecule has 0 N–H and O–H groups in total. The van der Waals surface area contributed by atoms with Crippen molar-refractivity contribution >= 4 is 21.9 Å². The van der Waals surface area contributed by atoms with Crippen LogP contribution in [0.1, 0.15) is 9.81 Å². The number of furan rings is 1. The number of hydrogen-bond donors (Lipinski definition) is 0. The van der Waals surface area contributed by atoms with Crippen molar-refractivity contribution in [3.8, 4) is 33.5 Å². The van der Waals surface area contributed by atoms with E-state index < -0.39 is 6.85 Å². The molecule has 3 heteroatoms. The standard InChI is InChI=1S/C29H20N2O/c1-19-13-18-27(31-30-19)26-12-6-11-25-24-10-5-9-23(28(24)32-29(25)26)22-16-14-21(15-17-22)20-7-3-2-4-8-20/h2-18H,1H3/i1D3. The van der Waals surface area contributed by atoms with Crippen LogP contribution in [-0.2, 0) is 0 Å². The van der Waals surface area contributed by atoms with Crippen LogP contribution in [0, 0.1) is 6.85 Å². The molecule has 0 unspecified atom stereocenters. The maximum absolute atomic E-state index is 7.53. The SMILES string of the molecule is [2H]C([2H])([2H])c1ccc(-c2cccc3c2oc2c(-c4ccc(-c5ccccc5)cc4)cccc23)nn1. The highest BCUT2D eigenvalue weighted by Crippen LogP contribution is 2.39. The van der Waals surface area contributed by atoms with Gasteiger partial charge in [0, 0.05) is 26.0 Å². The van der Waals surface area contributed by atoms with Crippen molar-refractivity contribution in [1.82, 2.24) is 10.2 Å². The minimum absolute atomic E-state index is 0.0285. The van der Waals surface area contributed by atoms with Crippen molar-refractivity contribution in [3.63, 3.8) is 0 Å². The van der Waals surface area contributed by atoms with Crippen LogP contribution in [0.15, 0.2) is 108 Å². The van der Waals surface area contributed by atoms with Crippen molar-refractivity contribution in [2.75, 3.05) is 0 Å². The van der Waals surface area contributed by atoms with Crippen molar-refractivity contribution < 1.29 is 8.53 Å². The third kappa shape index (κ3) is 3.07. The van der Waals surface area contributed by atoms with Crippen LogP contribution in [0.5, 0.6) is 0 Å². The Kier molecular flexibility index (Phi) is 3.63. The van der Waals surface area contributed by atoms with Gasteiger partial charge in [-0.25, -0.2) is 0 Å². The summed E-state index contributed by atoms with van der Waals surface area (Å²) in [5.41, 5.74) is 7.22. The third-order valence-corrected chi connectivity index (χ3v) is 5.77. The lowest BCUT2D eigenvalue weighted by Crippen LogP contribution is -1.89. The fourth-order valence-electron chi connectivity index (χ4n) is 4.20. The molecule has 0 amide bonds. The first kappa shape index (κ1) is 15.5. The van der Waals surface area contributed by atoms with E-state index in [1.165, 1.54) is 11.6 Å². The van der Waals surface area contributed by atoms with Gasteiger partial charge in [-0.3, -0.25) is 0 Å². The van der Waals surface area contributed by atoms with Gasteiger partial charge < -0.3 is 4.42 Å². The molecule has 0 aliphatic rings. The van der Waals surface area contributed by atoms with Gasteiger partial charge in [0.1, 0.15) is 11.2 Å². The van der Waals surface area contributed by atoms with E-state index in [-0.39, 0.29) is 5.69 Å². The summed E-state index contributed by atoms with van der Waals surface area (Å²) in [6.07, 6.45) is 0. The van der Waals surface area contributed by atoms with E-state index in [1.54, 1.807) is 6.07 Å². The van der Waals surface area contributed by atoms with Crippen LogP contribution in [0.2, 0.25) is 0 Å². The van der Waals surface area contributed by atoms with Crippen LogP contribution in [-0.4, -0.2) is 10.2 Å². The molecule has 0 atom stereocenters. The lowest BCUT2D eigenvalue weighted by atomic mass is 9.98. The van der Waals surface area contributed by atoms with E-state index in [0.717, 1.165) is 38.6 Å². The Hall–Kier alpha value is -4.24. The molecule has 32 heavy (non-hydrogen) atoms. The number of aromatic nitrogens is 2. The van der Waals surface area contributed by atoms with Gasteiger partial charge in [0.25, 0.3) is 0 Å². The average molecular weight is 416 g/mol.